The van der Waals surface area contributed by atoms with E-state index in [9.17, 15) is 9.59 Å². The van der Waals surface area contributed by atoms with Crippen LogP contribution >= 0.6 is 11.8 Å². The highest BCUT2D eigenvalue weighted by atomic mass is 32.2. The van der Waals surface area contributed by atoms with Crippen LogP contribution < -0.4 is 11.2 Å². The number of rotatable bonds is 10. The van der Waals surface area contributed by atoms with Gasteiger partial charge in [-0.1, -0.05) is 32.6 Å². The molecule has 12 nitrogen and oxygen atoms in total. The van der Waals surface area contributed by atoms with Crippen LogP contribution in [0.3, 0.4) is 0 Å². The number of ether oxygens (including phenoxy) is 3. The number of nitrogens with zero attached hydrogens (tertiary/aromatic N) is 5. The fraction of sp³-hybridized carbons (Fsp3) is 0.590. The second kappa shape index (κ2) is 17.2. The van der Waals surface area contributed by atoms with Crippen molar-refractivity contribution in [1.82, 2.24) is 19.9 Å². The van der Waals surface area contributed by atoms with Gasteiger partial charge in [0.25, 0.3) is 5.91 Å². The van der Waals surface area contributed by atoms with Crippen molar-refractivity contribution < 1.29 is 23.8 Å². The summed E-state index contributed by atoms with van der Waals surface area (Å²) in [6.07, 6.45) is 4.45. The number of amides is 1. The Kier molecular flexibility index (Phi) is 13.2. The zero-order chi connectivity index (χ0) is 37.7. The van der Waals surface area contributed by atoms with Gasteiger partial charge in [-0.3, -0.25) is 24.6 Å². The maximum Gasteiger partial charge on any atom is 0.324 e. The average molecular weight is 736 g/mol. The summed E-state index contributed by atoms with van der Waals surface area (Å²) in [6.45, 7) is 16.9. The minimum absolute atomic E-state index is 0.151. The lowest BCUT2D eigenvalue weighted by atomic mass is 9.84. The molecule has 52 heavy (non-hydrogen) atoms. The molecule has 0 spiro atoms. The van der Waals surface area contributed by atoms with Crippen LogP contribution in [0, 0.1) is 5.41 Å². The molecule has 4 heterocycles. The number of nitrogens with one attached hydrogen (secondary N) is 1. The molecule has 5 atom stereocenters. The highest BCUT2D eigenvalue weighted by Gasteiger charge is 2.39. The summed E-state index contributed by atoms with van der Waals surface area (Å²) in [7, 11) is 5.63. The molecule has 0 radical (unpaired) electrons. The predicted octanol–water partition coefficient (Wildman–Crippen LogP) is 4.77. The normalized spacial score (nSPS) is 25.3. The Bertz CT molecular complexity index is 1730. The molecule has 1 aromatic heterocycles. The number of thioether (sulfide) groups is 1. The molecule has 1 fully saturated rings. The highest BCUT2D eigenvalue weighted by molar-refractivity contribution is 8.14. The zero-order valence-electron chi connectivity index (χ0n) is 32.1. The molecule has 1 aromatic carbocycles. The Balaban J connectivity index is 1.71. The predicted molar refractivity (Wildman–Crippen MR) is 211 cm³/mol. The average Bonchev–Trinajstić information content (AvgIpc) is 3.74. The van der Waals surface area contributed by atoms with Crippen LogP contribution in [0.5, 0.6) is 0 Å². The zero-order valence-corrected chi connectivity index (χ0v) is 32.9. The number of allylic oxidation sites excluding steroid dienone is 2. The van der Waals surface area contributed by atoms with E-state index in [4.69, 9.17) is 29.9 Å². The maximum absolute atomic E-state index is 13.9. The number of benzene rings is 1. The number of aryl methyl sites for hydroxylation is 1. The van der Waals surface area contributed by atoms with E-state index in [2.05, 4.69) is 55.5 Å². The molecular weight excluding hydrogens is 679 g/mol. The van der Waals surface area contributed by atoms with Crippen LogP contribution in [-0.2, 0) is 36.8 Å². The lowest BCUT2D eigenvalue weighted by Gasteiger charge is -2.36. The standard InChI is InChI=1S/C39H57N7O5S/c1-10-26(33(41-11-2)24(4)49-9)34-28-21-39(5,6)23-51-38(48)29-14-13-17-46(43-29)37(47)32(40)35(50-19-18-44(7)8)36-42-30(22-52-36)25-15-16-31(27(28)20-25)45(34)12-3/h10-11,15-16,20,24,29-30,32,35,43H,1,12-14,17-19,21-23,40H2,2-9H3/b33-26+,41-11-/t24-,29-,30?,32-,35-/m0/s1. The van der Waals surface area contributed by atoms with Crippen molar-refractivity contribution in [3.63, 3.8) is 0 Å². The SMILES string of the molecule is C=C/C(=C(\N=C/C)[C@H](C)OC)c1c2c3cc(ccc3n1CC)C1CSC(=N1)[C@@H](OCCN(C)C)[C@H](N)C(=O)N1CCC[C@H](N1)C(=O)OCC(C)(C)C2. The van der Waals surface area contributed by atoms with Gasteiger partial charge >= 0.3 is 5.97 Å². The molecule has 1 amide bonds. The molecule has 3 N–H and O–H groups in total. The summed E-state index contributed by atoms with van der Waals surface area (Å²) in [5.74, 6) is -0.0282. The first-order valence-electron chi connectivity index (χ1n) is 18.3. The van der Waals surface area contributed by atoms with Crippen molar-refractivity contribution in [3.8, 4) is 0 Å². The number of cyclic esters (lactones) is 1. The minimum Gasteiger partial charge on any atom is -0.464 e. The fourth-order valence-corrected chi connectivity index (χ4v) is 8.34. The highest BCUT2D eigenvalue weighted by Crippen LogP contribution is 2.41. The van der Waals surface area contributed by atoms with Gasteiger partial charge in [0.2, 0.25) is 0 Å². The van der Waals surface area contributed by atoms with Gasteiger partial charge in [-0.25, -0.2) is 5.43 Å². The van der Waals surface area contributed by atoms with E-state index in [1.807, 2.05) is 38.9 Å². The molecule has 5 rings (SSSR count). The summed E-state index contributed by atoms with van der Waals surface area (Å²) in [4.78, 5) is 39.5. The van der Waals surface area contributed by atoms with Crippen LogP contribution in [0.1, 0.15) is 70.3 Å². The molecule has 6 bridgehead atoms. The quantitative estimate of drug-likeness (QED) is 0.201. The fourth-order valence-electron chi connectivity index (χ4n) is 7.16. The number of carbonyl (C=O) groups excluding carboxylic acids is 2. The lowest BCUT2D eigenvalue weighted by molar-refractivity contribution is -0.155. The van der Waals surface area contributed by atoms with E-state index in [-0.39, 0.29) is 24.7 Å². The molecule has 1 saturated heterocycles. The summed E-state index contributed by atoms with van der Waals surface area (Å²) in [5, 5.41) is 3.27. The number of hydrogen-bond acceptors (Lipinski definition) is 11. The number of esters is 1. The van der Waals surface area contributed by atoms with E-state index in [1.54, 1.807) is 25.1 Å². The largest absolute Gasteiger partial charge is 0.464 e. The first-order valence-corrected chi connectivity index (χ1v) is 19.3. The number of hydrogen-bond donors (Lipinski definition) is 2. The molecule has 3 aliphatic heterocycles. The number of likely N-dealkylation sites (N-methyl/N-ethyl adjacent to an activating group) is 1. The van der Waals surface area contributed by atoms with E-state index in [1.165, 1.54) is 5.01 Å². The first kappa shape index (κ1) is 39.9. The van der Waals surface area contributed by atoms with Crippen molar-refractivity contribution in [1.29, 1.82) is 0 Å². The number of carbonyl (C=O) groups is 2. The van der Waals surface area contributed by atoms with Crippen molar-refractivity contribution in [2.45, 2.75) is 90.8 Å². The van der Waals surface area contributed by atoms with Gasteiger partial charge < -0.3 is 29.4 Å². The van der Waals surface area contributed by atoms with Gasteiger partial charge in [-0.2, -0.15) is 0 Å². The van der Waals surface area contributed by atoms with Crippen LogP contribution in [0.4, 0.5) is 0 Å². The number of aromatic nitrogens is 1. The Morgan fingerprint density at radius 1 is 1.33 bits per heavy atom. The summed E-state index contributed by atoms with van der Waals surface area (Å²) in [6, 6.07) is 4.74. The van der Waals surface area contributed by atoms with E-state index < -0.39 is 29.6 Å². The third kappa shape index (κ3) is 8.55. The molecule has 2 aromatic rings. The monoisotopic (exact) mass is 735 g/mol. The first-order chi connectivity index (χ1) is 24.8. The lowest BCUT2D eigenvalue weighted by Crippen LogP contribution is -2.62. The number of nitrogens with two attached hydrogens (primary N) is 1. The van der Waals surface area contributed by atoms with Crippen LogP contribution in [0.15, 0.2) is 46.5 Å². The van der Waals surface area contributed by atoms with Crippen LogP contribution in [0.2, 0.25) is 0 Å². The van der Waals surface area contributed by atoms with Gasteiger partial charge in [0.15, 0.2) is 0 Å². The molecule has 3 aliphatic rings. The number of fused-ring (bicyclic) bond motifs is 5. The number of methoxy groups -OCH3 is 1. The Hall–Kier alpha value is -3.33. The van der Waals surface area contributed by atoms with Crippen LogP contribution in [0.25, 0.3) is 16.5 Å². The van der Waals surface area contributed by atoms with Gasteiger partial charge in [-0.05, 0) is 77.4 Å². The van der Waals surface area contributed by atoms with Crippen molar-refractivity contribution in [2.75, 3.05) is 53.3 Å². The van der Waals surface area contributed by atoms with Crippen molar-refractivity contribution in [2.24, 2.45) is 21.1 Å². The Morgan fingerprint density at radius 3 is 2.77 bits per heavy atom. The topological polar surface area (TPSA) is 136 Å². The van der Waals surface area contributed by atoms with Crippen molar-refractivity contribution >= 4 is 51.4 Å². The second-order valence-electron chi connectivity index (χ2n) is 14.8. The van der Waals surface area contributed by atoms with E-state index >= 15 is 0 Å². The van der Waals surface area contributed by atoms with Crippen molar-refractivity contribution in [3.05, 3.63) is 53.4 Å². The Labute approximate surface area is 312 Å². The molecule has 0 aliphatic carbocycles. The molecule has 13 heteroatoms. The second-order valence-corrected chi connectivity index (χ2v) is 15.8. The van der Waals surface area contributed by atoms with Gasteiger partial charge in [0.05, 0.1) is 41.8 Å². The van der Waals surface area contributed by atoms with Gasteiger partial charge in [-0.15, -0.1) is 11.8 Å². The minimum atomic E-state index is -1.01. The molecule has 0 saturated carbocycles. The third-order valence-electron chi connectivity index (χ3n) is 10.00. The smallest absolute Gasteiger partial charge is 0.324 e. The molecule has 1 unspecified atom stereocenters. The number of hydrazine groups is 1. The van der Waals surface area contributed by atoms with Gasteiger partial charge in [0.1, 0.15) is 18.2 Å². The summed E-state index contributed by atoms with van der Waals surface area (Å²) in [5.41, 5.74) is 15.4. The number of aliphatic imine (C=N–C) groups is 2. The van der Waals surface area contributed by atoms with Gasteiger partial charge in [0, 0.05) is 60.6 Å². The van der Waals surface area contributed by atoms with E-state index in [0.29, 0.717) is 56.3 Å². The summed E-state index contributed by atoms with van der Waals surface area (Å²) < 4.78 is 20.5. The third-order valence-corrected chi connectivity index (χ3v) is 11.1. The molecule has 284 valence electrons. The molecular formula is C39H57N7O5S. The van der Waals surface area contributed by atoms with E-state index in [0.717, 1.165) is 39.0 Å². The Morgan fingerprint density at radius 2 is 2.10 bits per heavy atom. The maximum atomic E-state index is 13.9. The van der Waals surface area contributed by atoms with Crippen LogP contribution in [-0.4, -0.2) is 115 Å². The summed E-state index contributed by atoms with van der Waals surface area (Å²) >= 11 is 1.59.